The first-order chi connectivity index (χ1) is 6.59. The lowest BCUT2D eigenvalue weighted by Gasteiger charge is -2.04. The molecule has 1 aromatic carbocycles. The van der Waals surface area contributed by atoms with Crippen LogP contribution in [0.3, 0.4) is 0 Å². The zero-order valence-electron chi connectivity index (χ0n) is 7.79. The number of esters is 1. The predicted octanol–water partition coefficient (Wildman–Crippen LogP) is 2.15. The zero-order valence-corrected chi connectivity index (χ0v) is 8.54. The normalized spacial score (nSPS) is 9.86. The molecular weight excluding hydrogens is 204 g/mol. The van der Waals surface area contributed by atoms with Crippen molar-refractivity contribution in [3.8, 4) is 5.75 Å². The Kier molecular flexibility index (Phi) is 3.77. The Morgan fingerprint density at radius 1 is 1.57 bits per heavy atom. The lowest BCUT2D eigenvalue weighted by Crippen LogP contribution is -2.03. The van der Waals surface area contributed by atoms with Crippen LogP contribution in [0, 0.1) is 0 Å². The lowest BCUT2D eigenvalue weighted by molar-refractivity contribution is -0.140. The van der Waals surface area contributed by atoms with E-state index >= 15 is 0 Å². The Morgan fingerprint density at radius 2 is 2.29 bits per heavy atom. The van der Waals surface area contributed by atoms with Crippen LogP contribution in [-0.2, 0) is 16.0 Å². The van der Waals surface area contributed by atoms with Gasteiger partial charge >= 0.3 is 5.97 Å². The molecule has 0 heterocycles. The molecule has 0 atom stereocenters. The fourth-order valence-corrected chi connectivity index (χ4v) is 1.27. The van der Waals surface area contributed by atoms with Crippen LogP contribution >= 0.6 is 11.6 Å². The molecule has 14 heavy (non-hydrogen) atoms. The summed E-state index contributed by atoms with van der Waals surface area (Å²) in [5, 5.41) is 9.74. The van der Waals surface area contributed by atoms with Gasteiger partial charge in [-0.2, -0.15) is 0 Å². The van der Waals surface area contributed by atoms with E-state index in [4.69, 9.17) is 16.3 Å². The van der Waals surface area contributed by atoms with Gasteiger partial charge in [0.1, 0.15) is 5.75 Å². The van der Waals surface area contributed by atoms with Gasteiger partial charge in [-0.25, -0.2) is 0 Å². The molecule has 3 nitrogen and oxygen atoms in total. The molecule has 1 aromatic rings. The quantitative estimate of drug-likeness (QED) is 0.785. The number of carbonyl (C=O) groups excluding carboxylic acids is 1. The maximum atomic E-state index is 10.5. The third-order valence-corrected chi connectivity index (χ3v) is 2.07. The van der Waals surface area contributed by atoms with Crippen molar-refractivity contribution in [1.29, 1.82) is 0 Å². The lowest BCUT2D eigenvalue weighted by atomic mass is 10.1. The summed E-state index contributed by atoms with van der Waals surface area (Å²) in [6.07, 6.45) is 0.507. The number of benzene rings is 1. The molecule has 0 radical (unpaired) electrons. The minimum atomic E-state index is -0.318. The average Bonchev–Trinajstić information content (AvgIpc) is 2.10. The summed E-state index contributed by atoms with van der Waals surface area (Å²) >= 11 is 5.86. The third kappa shape index (κ3) is 3.26. The van der Waals surface area contributed by atoms with Crippen LogP contribution in [0.25, 0.3) is 0 Å². The zero-order chi connectivity index (χ0) is 10.6. The fourth-order valence-electron chi connectivity index (χ4n) is 1.06. The van der Waals surface area contributed by atoms with Crippen molar-refractivity contribution in [2.45, 2.75) is 13.3 Å². The molecule has 0 aliphatic rings. The van der Waals surface area contributed by atoms with E-state index in [1.807, 2.05) is 0 Å². The van der Waals surface area contributed by atoms with Crippen LogP contribution in [0.4, 0.5) is 0 Å². The highest BCUT2D eigenvalue weighted by molar-refractivity contribution is 6.31. The van der Waals surface area contributed by atoms with Gasteiger partial charge in [0.15, 0.2) is 0 Å². The number of rotatable bonds is 3. The Hall–Kier alpha value is -1.22. The Bertz CT molecular complexity index is 336. The van der Waals surface area contributed by atoms with Gasteiger partial charge in [0.2, 0.25) is 0 Å². The van der Waals surface area contributed by atoms with Crippen molar-refractivity contribution in [1.82, 2.24) is 0 Å². The first-order valence-electron chi connectivity index (χ1n) is 4.20. The number of ether oxygens (including phenoxy) is 1. The van der Waals surface area contributed by atoms with Crippen LogP contribution in [-0.4, -0.2) is 17.7 Å². The second-order valence-corrected chi connectivity index (χ2v) is 3.27. The standard InChI is InChI=1S/C10H11ClO3/c1-7(12)14-5-4-8-6-9(13)2-3-10(8)11/h2-3,6,13H,4-5H2,1H3. The van der Waals surface area contributed by atoms with Crippen molar-refractivity contribution >= 4 is 17.6 Å². The van der Waals surface area contributed by atoms with E-state index in [0.29, 0.717) is 11.4 Å². The molecule has 0 aliphatic carbocycles. The van der Waals surface area contributed by atoms with Gasteiger partial charge in [-0.15, -0.1) is 0 Å². The van der Waals surface area contributed by atoms with E-state index in [9.17, 15) is 9.90 Å². The molecule has 0 spiro atoms. The van der Waals surface area contributed by atoms with Crippen LogP contribution in [0.5, 0.6) is 5.75 Å². The summed E-state index contributed by atoms with van der Waals surface area (Å²) in [5.41, 5.74) is 0.771. The summed E-state index contributed by atoms with van der Waals surface area (Å²) in [5.74, 6) is -0.159. The van der Waals surface area contributed by atoms with Gasteiger partial charge in [-0.1, -0.05) is 11.6 Å². The summed E-state index contributed by atoms with van der Waals surface area (Å²) in [6.45, 7) is 1.63. The van der Waals surface area contributed by atoms with E-state index in [2.05, 4.69) is 0 Å². The van der Waals surface area contributed by atoms with Crippen LogP contribution in [0.2, 0.25) is 5.02 Å². The highest BCUT2D eigenvalue weighted by Crippen LogP contribution is 2.21. The topological polar surface area (TPSA) is 46.5 Å². The number of aromatic hydroxyl groups is 1. The van der Waals surface area contributed by atoms with E-state index < -0.39 is 0 Å². The fraction of sp³-hybridized carbons (Fsp3) is 0.300. The predicted molar refractivity (Wildman–Crippen MR) is 53.5 cm³/mol. The number of phenolic OH excluding ortho intramolecular Hbond substituents is 1. The molecule has 76 valence electrons. The minimum absolute atomic E-state index is 0.159. The van der Waals surface area contributed by atoms with Crippen molar-refractivity contribution in [2.75, 3.05) is 6.61 Å². The first kappa shape index (κ1) is 10.9. The SMILES string of the molecule is CC(=O)OCCc1cc(O)ccc1Cl. The second kappa shape index (κ2) is 4.86. The van der Waals surface area contributed by atoms with Crippen molar-refractivity contribution in [3.63, 3.8) is 0 Å². The smallest absolute Gasteiger partial charge is 0.302 e. The molecule has 0 saturated carbocycles. The molecule has 1 rings (SSSR count). The van der Waals surface area contributed by atoms with Gasteiger partial charge in [-0.3, -0.25) is 4.79 Å². The number of halogens is 1. The highest BCUT2D eigenvalue weighted by atomic mass is 35.5. The molecule has 0 unspecified atom stereocenters. The highest BCUT2D eigenvalue weighted by Gasteiger charge is 2.02. The van der Waals surface area contributed by atoms with E-state index in [1.165, 1.54) is 13.0 Å². The van der Waals surface area contributed by atoms with Gasteiger partial charge in [-0.05, 0) is 23.8 Å². The Morgan fingerprint density at radius 3 is 2.93 bits per heavy atom. The molecule has 0 aliphatic heterocycles. The maximum Gasteiger partial charge on any atom is 0.302 e. The molecular formula is C10H11ClO3. The largest absolute Gasteiger partial charge is 0.508 e. The molecule has 1 N–H and O–H groups in total. The number of carbonyl (C=O) groups is 1. The average molecular weight is 215 g/mol. The van der Waals surface area contributed by atoms with Crippen LogP contribution in [0.1, 0.15) is 12.5 Å². The minimum Gasteiger partial charge on any atom is -0.508 e. The van der Waals surface area contributed by atoms with Gasteiger partial charge in [0.25, 0.3) is 0 Å². The maximum absolute atomic E-state index is 10.5. The van der Waals surface area contributed by atoms with Crippen LogP contribution < -0.4 is 0 Å². The Labute approximate surface area is 87.3 Å². The summed E-state index contributed by atoms with van der Waals surface area (Å²) < 4.78 is 4.76. The van der Waals surface area contributed by atoms with E-state index in [-0.39, 0.29) is 18.3 Å². The molecule has 0 bridgehead atoms. The first-order valence-corrected chi connectivity index (χ1v) is 4.58. The number of hydrogen-bond acceptors (Lipinski definition) is 3. The van der Waals surface area contributed by atoms with Gasteiger partial charge in [0.05, 0.1) is 6.61 Å². The molecule has 4 heteroatoms. The van der Waals surface area contributed by atoms with Gasteiger partial charge < -0.3 is 9.84 Å². The molecule has 0 amide bonds. The van der Waals surface area contributed by atoms with E-state index in [0.717, 1.165) is 5.56 Å². The van der Waals surface area contributed by atoms with Crippen molar-refractivity contribution in [2.24, 2.45) is 0 Å². The number of hydrogen-bond donors (Lipinski definition) is 1. The van der Waals surface area contributed by atoms with Crippen molar-refractivity contribution < 1.29 is 14.6 Å². The number of phenols is 1. The van der Waals surface area contributed by atoms with Gasteiger partial charge in [0, 0.05) is 18.4 Å². The molecule has 0 aromatic heterocycles. The summed E-state index contributed by atoms with van der Waals surface area (Å²) in [7, 11) is 0. The van der Waals surface area contributed by atoms with Crippen LogP contribution in [0.15, 0.2) is 18.2 Å². The monoisotopic (exact) mass is 214 g/mol. The third-order valence-electron chi connectivity index (χ3n) is 1.71. The van der Waals surface area contributed by atoms with E-state index in [1.54, 1.807) is 12.1 Å². The molecule has 0 saturated heterocycles. The summed E-state index contributed by atoms with van der Waals surface area (Å²) in [6, 6.07) is 4.68. The Balaban J connectivity index is 2.57. The molecule has 0 fully saturated rings. The summed E-state index contributed by atoms with van der Waals surface area (Å²) in [4.78, 5) is 10.5. The second-order valence-electron chi connectivity index (χ2n) is 2.87. The van der Waals surface area contributed by atoms with Crippen molar-refractivity contribution in [3.05, 3.63) is 28.8 Å².